The van der Waals surface area contributed by atoms with Crippen molar-refractivity contribution in [2.75, 3.05) is 6.54 Å². The monoisotopic (exact) mass is 337 g/mol. The van der Waals surface area contributed by atoms with Crippen molar-refractivity contribution in [3.63, 3.8) is 0 Å². The van der Waals surface area contributed by atoms with Crippen molar-refractivity contribution in [3.8, 4) is 0 Å². The third-order valence-electron chi connectivity index (χ3n) is 5.52. The van der Waals surface area contributed by atoms with Crippen LogP contribution in [0.2, 0.25) is 0 Å². The Morgan fingerprint density at radius 1 is 1.17 bits per heavy atom. The van der Waals surface area contributed by atoms with Gasteiger partial charge in [0.15, 0.2) is 0 Å². The lowest BCUT2D eigenvalue weighted by atomic mass is 9.71. The molecule has 2 aliphatic rings. The van der Waals surface area contributed by atoms with Crippen LogP contribution < -0.4 is 10.6 Å². The number of rotatable bonds is 2. The Balaban J connectivity index is 1.43. The Hall–Kier alpha value is -1.98. The number of nitrogens with one attached hydrogen (secondary N) is 2. The van der Waals surface area contributed by atoms with Gasteiger partial charge in [-0.3, -0.25) is 9.78 Å². The van der Waals surface area contributed by atoms with Crippen LogP contribution in [0, 0.1) is 5.92 Å². The topological polar surface area (TPSA) is 54.0 Å². The Bertz CT molecular complexity index is 935. The minimum absolute atomic E-state index is 0.0353. The zero-order chi connectivity index (χ0) is 16.1. The minimum Gasteiger partial charge on any atom is -0.348 e. The first-order valence-corrected chi connectivity index (χ1v) is 9.43. The van der Waals surface area contributed by atoms with Gasteiger partial charge in [0.25, 0.3) is 5.91 Å². The molecule has 1 saturated heterocycles. The number of benzene rings is 1. The smallest absolute Gasteiger partial charge is 0.270 e. The van der Waals surface area contributed by atoms with Gasteiger partial charge in [-0.05, 0) is 43.9 Å². The van der Waals surface area contributed by atoms with Gasteiger partial charge in [0, 0.05) is 38.5 Å². The number of hydrogen-bond donors (Lipinski definition) is 2. The molecule has 5 heteroatoms. The molecule has 2 unspecified atom stereocenters. The van der Waals surface area contributed by atoms with E-state index in [1.807, 2.05) is 24.4 Å². The third kappa shape index (κ3) is 2.23. The van der Waals surface area contributed by atoms with Crippen molar-refractivity contribution in [3.05, 3.63) is 42.2 Å². The molecular formula is C19H19N3OS. The van der Waals surface area contributed by atoms with Gasteiger partial charge in [0.1, 0.15) is 5.69 Å². The number of aromatic nitrogens is 1. The fourth-order valence-electron chi connectivity index (χ4n) is 4.07. The fourth-order valence-corrected chi connectivity index (χ4v) is 5.18. The predicted octanol–water partition coefficient (Wildman–Crippen LogP) is 3.32. The summed E-state index contributed by atoms with van der Waals surface area (Å²) in [5, 5.41) is 9.11. The van der Waals surface area contributed by atoms with E-state index in [2.05, 4.69) is 27.8 Å². The lowest BCUT2D eigenvalue weighted by molar-refractivity contribution is 0.0794. The number of piperidine rings is 1. The van der Waals surface area contributed by atoms with Crippen LogP contribution in [-0.4, -0.2) is 29.5 Å². The number of hydrogen-bond acceptors (Lipinski definition) is 4. The molecule has 1 aromatic carbocycles. The summed E-state index contributed by atoms with van der Waals surface area (Å²) in [5.41, 5.74) is 0.531. The summed E-state index contributed by atoms with van der Waals surface area (Å²) in [6.07, 6.45) is 5.31. The van der Waals surface area contributed by atoms with Gasteiger partial charge in [-0.1, -0.05) is 18.2 Å². The molecule has 5 rings (SSSR count). The molecule has 3 aromatic rings. The average Bonchev–Trinajstić information content (AvgIpc) is 2.94. The SMILES string of the molecule is O=C(N[C@@H]1CCNC2CCC21)c1cc2sc3ccccc3c2cn1. The highest BCUT2D eigenvalue weighted by Gasteiger charge is 2.40. The third-order valence-corrected chi connectivity index (χ3v) is 6.65. The van der Waals surface area contributed by atoms with E-state index in [4.69, 9.17) is 0 Å². The van der Waals surface area contributed by atoms with E-state index in [-0.39, 0.29) is 11.9 Å². The number of nitrogens with zero attached hydrogens (tertiary/aromatic N) is 1. The molecule has 24 heavy (non-hydrogen) atoms. The van der Waals surface area contributed by atoms with Crippen LogP contribution in [0.3, 0.4) is 0 Å². The fraction of sp³-hybridized carbons (Fsp3) is 0.368. The molecule has 2 fully saturated rings. The maximum absolute atomic E-state index is 12.7. The van der Waals surface area contributed by atoms with Gasteiger partial charge in [-0.2, -0.15) is 0 Å². The Morgan fingerprint density at radius 2 is 2.08 bits per heavy atom. The molecule has 0 spiro atoms. The summed E-state index contributed by atoms with van der Waals surface area (Å²) in [4.78, 5) is 17.1. The molecule has 1 aliphatic carbocycles. The lowest BCUT2D eigenvalue weighted by Gasteiger charge is -2.46. The number of carbonyl (C=O) groups is 1. The Morgan fingerprint density at radius 3 is 2.96 bits per heavy atom. The predicted molar refractivity (Wildman–Crippen MR) is 97.5 cm³/mol. The molecule has 3 atom stereocenters. The van der Waals surface area contributed by atoms with E-state index >= 15 is 0 Å². The molecule has 3 heterocycles. The second-order valence-corrected chi connectivity index (χ2v) is 7.92. The summed E-state index contributed by atoms with van der Waals surface area (Å²) < 4.78 is 2.37. The maximum Gasteiger partial charge on any atom is 0.270 e. The number of carbonyl (C=O) groups excluding carboxylic acids is 1. The van der Waals surface area contributed by atoms with E-state index in [0.717, 1.165) is 23.1 Å². The highest BCUT2D eigenvalue weighted by molar-refractivity contribution is 7.25. The van der Waals surface area contributed by atoms with Gasteiger partial charge < -0.3 is 10.6 Å². The van der Waals surface area contributed by atoms with Gasteiger partial charge in [0.05, 0.1) is 0 Å². The maximum atomic E-state index is 12.7. The first-order valence-electron chi connectivity index (χ1n) is 8.61. The van der Waals surface area contributed by atoms with Gasteiger partial charge in [0.2, 0.25) is 0 Å². The van der Waals surface area contributed by atoms with Crippen molar-refractivity contribution in [1.82, 2.24) is 15.6 Å². The van der Waals surface area contributed by atoms with Crippen molar-refractivity contribution in [2.24, 2.45) is 5.92 Å². The van der Waals surface area contributed by atoms with E-state index in [1.165, 1.54) is 22.9 Å². The van der Waals surface area contributed by atoms with Gasteiger partial charge in [-0.15, -0.1) is 11.3 Å². The molecule has 0 radical (unpaired) electrons. The molecule has 2 N–H and O–H groups in total. The quantitative estimate of drug-likeness (QED) is 0.754. The highest BCUT2D eigenvalue weighted by Crippen LogP contribution is 2.35. The minimum atomic E-state index is -0.0353. The number of pyridine rings is 1. The summed E-state index contributed by atoms with van der Waals surface area (Å²) in [7, 11) is 0. The van der Waals surface area contributed by atoms with Gasteiger partial charge >= 0.3 is 0 Å². The van der Waals surface area contributed by atoms with Crippen LogP contribution in [0.5, 0.6) is 0 Å². The molecule has 122 valence electrons. The van der Waals surface area contributed by atoms with E-state index in [1.54, 1.807) is 11.3 Å². The van der Waals surface area contributed by atoms with Crippen molar-refractivity contribution >= 4 is 37.4 Å². The number of fused-ring (bicyclic) bond motifs is 4. The Kier molecular flexibility index (Phi) is 3.31. The zero-order valence-corrected chi connectivity index (χ0v) is 14.1. The average molecular weight is 337 g/mol. The molecule has 1 amide bonds. The zero-order valence-electron chi connectivity index (χ0n) is 13.3. The molecular weight excluding hydrogens is 318 g/mol. The van der Waals surface area contributed by atoms with E-state index in [9.17, 15) is 4.79 Å². The second-order valence-electron chi connectivity index (χ2n) is 6.83. The molecule has 2 aromatic heterocycles. The van der Waals surface area contributed by atoms with Crippen molar-refractivity contribution < 1.29 is 4.79 Å². The summed E-state index contributed by atoms with van der Waals surface area (Å²) in [6.45, 7) is 0.995. The van der Waals surface area contributed by atoms with Crippen molar-refractivity contribution in [2.45, 2.75) is 31.3 Å². The van der Waals surface area contributed by atoms with Crippen LogP contribution in [-0.2, 0) is 0 Å². The molecule has 4 nitrogen and oxygen atoms in total. The Labute approximate surface area is 144 Å². The van der Waals surface area contributed by atoms with Gasteiger partial charge in [-0.25, -0.2) is 0 Å². The standard InChI is InChI=1S/C19H19N3OS/c23-19(22-15-7-8-20-14-6-5-12(14)15)16-9-18-13(10-21-16)11-3-1-2-4-17(11)24-18/h1-4,9-10,12,14-15,20H,5-8H2,(H,22,23)/t12?,14?,15-/m1/s1. The largest absolute Gasteiger partial charge is 0.348 e. The molecule has 1 saturated carbocycles. The number of amides is 1. The summed E-state index contributed by atoms with van der Waals surface area (Å²) in [5.74, 6) is 0.558. The first kappa shape index (κ1) is 14.4. The summed E-state index contributed by atoms with van der Waals surface area (Å²) >= 11 is 1.72. The highest BCUT2D eigenvalue weighted by atomic mass is 32.1. The normalized spacial score (nSPS) is 26.1. The summed E-state index contributed by atoms with van der Waals surface area (Å²) in [6, 6.07) is 11.1. The first-order chi connectivity index (χ1) is 11.8. The van der Waals surface area contributed by atoms with Crippen LogP contribution in [0.4, 0.5) is 0 Å². The van der Waals surface area contributed by atoms with Crippen LogP contribution in [0.1, 0.15) is 29.8 Å². The van der Waals surface area contributed by atoms with E-state index in [0.29, 0.717) is 17.7 Å². The molecule has 1 aliphatic heterocycles. The van der Waals surface area contributed by atoms with E-state index < -0.39 is 0 Å². The van der Waals surface area contributed by atoms with Crippen LogP contribution in [0.25, 0.3) is 20.2 Å². The lowest BCUT2D eigenvalue weighted by Crippen LogP contribution is -2.59. The van der Waals surface area contributed by atoms with Crippen molar-refractivity contribution in [1.29, 1.82) is 0 Å². The second kappa shape index (κ2) is 5.53. The van der Waals surface area contributed by atoms with Crippen LogP contribution in [0.15, 0.2) is 36.5 Å². The van der Waals surface area contributed by atoms with Crippen LogP contribution >= 0.6 is 11.3 Å². The molecule has 0 bridgehead atoms. The number of thiophene rings is 1.